The van der Waals surface area contributed by atoms with E-state index in [-0.39, 0.29) is 0 Å². The topological polar surface area (TPSA) is 41.6 Å². The van der Waals surface area contributed by atoms with E-state index in [1.807, 2.05) is 25.3 Å². The highest BCUT2D eigenvalue weighted by molar-refractivity contribution is 5.56. The Balaban J connectivity index is 2.55. The number of hydrogen-bond donors (Lipinski definition) is 1. The third kappa shape index (κ3) is 1.09. The lowest BCUT2D eigenvalue weighted by atomic mass is 10.2. The lowest BCUT2D eigenvalue weighted by Crippen LogP contribution is -1.90. The van der Waals surface area contributed by atoms with Crippen molar-refractivity contribution < 1.29 is 0 Å². The number of nitrogens with one attached hydrogen (secondary N) is 1. The van der Waals surface area contributed by atoms with Gasteiger partial charge in [0, 0.05) is 18.6 Å². The van der Waals surface area contributed by atoms with Gasteiger partial charge in [0.2, 0.25) is 0 Å². The van der Waals surface area contributed by atoms with Crippen LogP contribution >= 0.6 is 0 Å². The standard InChI is InChI=1S/C9H9N3/c1-7-9(12-6-5-10-7)8-3-2-4-11-8/h2-6,11H,1H3. The Morgan fingerprint density at radius 3 is 2.75 bits per heavy atom. The van der Waals surface area contributed by atoms with Gasteiger partial charge >= 0.3 is 0 Å². The second-order valence-electron chi connectivity index (χ2n) is 2.57. The fraction of sp³-hybridized carbons (Fsp3) is 0.111. The minimum Gasteiger partial charge on any atom is -0.360 e. The van der Waals surface area contributed by atoms with Gasteiger partial charge in [-0.25, -0.2) is 0 Å². The Bertz CT molecular complexity index is 365. The fourth-order valence-electron chi connectivity index (χ4n) is 1.15. The summed E-state index contributed by atoms with van der Waals surface area (Å²) >= 11 is 0. The Kier molecular flexibility index (Phi) is 1.63. The SMILES string of the molecule is Cc1nccnc1-c1ccc[nH]1. The van der Waals surface area contributed by atoms with Gasteiger partial charge < -0.3 is 4.98 Å². The van der Waals surface area contributed by atoms with Gasteiger partial charge in [-0.05, 0) is 19.1 Å². The fourth-order valence-corrected chi connectivity index (χ4v) is 1.15. The van der Waals surface area contributed by atoms with Crippen LogP contribution in [0.5, 0.6) is 0 Å². The van der Waals surface area contributed by atoms with E-state index < -0.39 is 0 Å². The van der Waals surface area contributed by atoms with Crippen molar-refractivity contribution in [3.8, 4) is 11.4 Å². The van der Waals surface area contributed by atoms with Crippen molar-refractivity contribution in [2.24, 2.45) is 0 Å². The number of aromatic nitrogens is 3. The Labute approximate surface area is 70.5 Å². The van der Waals surface area contributed by atoms with Gasteiger partial charge in [0.15, 0.2) is 0 Å². The average molecular weight is 159 g/mol. The van der Waals surface area contributed by atoms with Crippen molar-refractivity contribution in [2.75, 3.05) is 0 Å². The third-order valence-corrected chi connectivity index (χ3v) is 1.73. The van der Waals surface area contributed by atoms with Crippen molar-refractivity contribution in [1.29, 1.82) is 0 Å². The second-order valence-corrected chi connectivity index (χ2v) is 2.57. The molecule has 2 aromatic rings. The summed E-state index contributed by atoms with van der Waals surface area (Å²) in [7, 11) is 0. The van der Waals surface area contributed by atoms with Gasteiger partial charge in [0.1, 0.15) is 5.69 Å². The van der Waals surface area contributed by atoms with Crippen LogP contribution in [0.1, 0.15) is 5.69 Å². The lowest BCUT2D eigenvalue weighted by Gasteiger charge is -1.98. The first-order valence-corrected chi connectivity index (χ1v) is 3.79. The molecule has 0 radical (unpaired) electrons. The average Bonchev–Trinajstić information content (AvgIpc) is 2.57. The molecule has 12 heavy (non-hydrogen) atoms. The predicted octanol–water partition coefficient (Wildman–Crippen LogP) is 1.78. The van der Waals surface area contributed by atoms with E-state index >= 15 is 0 Å². The number of aromatic amines is 1. The highest BCUT2D eigenvalue weighted by Crippen LogP contribution is 2.15. The maximum absolute atomic E-state index is 4.23. The molecule has 0 amide bonds. The number of H-pyrrole nitrogens is 1. The molecule has 3 nitrogen and oxygen atoms in total. The van der Waals surface area contributed by atoms with Gasteiger partial charge in [-0.15, -0.1) is 0 Å². The molecule has 0 aromatic carbocycles. The van der Waals surface area contributed by atoms with Crippen molar-refractivity contribution in [3.63, 3.8) is 0 Å². The summed E-state index contributed by atoms with van der Waals surface area (Å²) in [6.45, 7) is 1.95. The van der Waals surface area contributed by atoms with Gasteiger partial charge in [-0.3, -0.25) is 9.97 Å². The minimum atomic E-state index is 0.919. The molecule has 2 rings (SSSR count). The first-order chi connectivity index (χ1) is 5.88. The van der Waals surface area contributed by atoms with Crippen LogP contribution < -0.4 is 0 Å². The number of rotatable bonds is 1. The second kappa shape index (κ2) is 2.77. The van der Waals surface area contributed by atoms with Crippen LogP contribution in [0, 0.1) is 6.92 Å². The summed E-state index contributed by atoms with van der Waals surface area (Å²) in [5, 5.41) is 0. The smallest absolute Gasteiger partial charge is 0.108 e. The van der Waals surface area contributed by atoms with Crippen molar-refractivity contribution in [2.45, 2.75) is 6.92 Å². The largest absolute Gasteiger partial charge is 0.360 e. The van der Waals surface area contributed by atoms with Crippen molar-refractivity contribution in [1.82, 2.24) is 15.0 Å². The summed E-state index contributed by atoms with van der Waals surface area (Å²) in [5.41, 5.74) is 2.88. The molecule has 0 unspecified atom stereocenters. The van der Waals surface area contributed by atoms with Crippen LogP contribution in [0.4, 0.5) is 0 Å². The number of nitrogens with zero attached hydrogens (tertiary/aromatic N) is 2. The van der Waals surface area contributed by atoms with Crippen LogP contribution in [0.25, 0.3) is 11.4 Å². The molecule has 0 aliphatic carbocycles. The van der Waals surface area contributed by atoms with Crippen LogP contribution in [-0.4, -0.2) is 15.0 Å². The first-order valence-electron chi connectivity index (χ1n) is 3.79. The van der Waals surface area contributed by atoms with Gasteiger partial charge in [0.05, 0.1) is 11.4 Å². The quantitative estimate of drug-likeness (QED) is 0.689. The molecule has 2 heterocycles. The predicted molar refractivity (Wildman–Crippen MR) is 46.6 cm³/mol. The van der Waals surface area contributed by atoms with Crippen LogP contribution in [0.15, 0.2) is 30.7 Å². The summed E-state index contributed by atoms with van der Waals surface area (Å²) in [6, 6.07) is 3.93. The molecule has 0 spiro atoms. The monoisotopic (exact) mass is 159 g/mol. The maximum Gasteiger partial charge on any atom is 0.108 e. The van der Waals surface area contributed by atoms with Crippen molar-refractivity contribution in [3.05, 3.63) is 36.4 Å². The van der Waals surface area contributed by atoms with Crippen LogP contribution in [-0.2, 0) is 0 Å². The summed E-state index contributed by atoms with van der Waals surface area (Å²) < 4.78 is 0. The van der Waals surface area contributed by atoms with E-state index in [2.05, 4.69) is 15.0 Å². The van der Waals surface area contributed by atoms with Gasteiger partial charge in [-0.2, -0.15) is 0 Å². The van der Waals surface area contributed by atoms with Crippen LogP contribution in [0.2, 0.25) is 0 Å². The zero-order chi connectivity index (χ0) is 8.39. The first kappa shape index (κ1) is 7.03. The zero-order valence-electron chi connectivity index (χ0n) is 6.78. The normalized spacial score (nSPS) is 10.1. The van der Waals surface area contributed by atoms with E-state index in [4.69, 9.17) is 0 Å². The summed E-state index contributed by atoms with van der Waals surface area (Å²) in [5.74, 6) is 0. The zero-order valence-corrected chi connectivity index (χ0v) is 6.78. The lowest BCUT2D eigenvalue weighted by molar-refractivity contribution is 1.11. The molecule has 0 bridgehead atoms. The Morgan fingerprint density at radius 1 is 1.25 bits per heavy atom. The Hall–Kier alpha value is -1.64. The molecule has 0 aliphatic heterocycles. The number of hydrogen-bond acceptors (Lipinski definition) is 2. The molecular weight excluding hydrogens is 150 g/mol. The van der Waals surface area contributed by atoms with Gasteiger partial charge in [-0.1, -0.05) is 0 Å². The molecule has 3 heteroatoms. The molecule has 0 saturated heterocycles. The third-order valence-electron chi connectivity index (χ3n) is 1.73. The minimum absolute atomic E-state index is 0.919. The van der Waals surface area contributed by atoms with E-state index in [1.165, 1.54) is 0 Å². The van der Waals surface area contributed by atoms with Crippen molar-refractivity contribution >= 4 is 0 Å². The molecular formula is C9H9N3. The van der Waals surface area contributed by atoms with E-state index in [9.17, 15) is 0 Å². The molecule has 0 atom stereocenters. The molecule has 1 N–H and O–H groups in total. The van der Waals surface area contributed by atoms with E-state index in [1.54, 1.807) is 12.4 Å². The molecule has 60 valence electrons. The molecule has 0 saturated carbocycles. The maximum atomic E-state index is 4.23. The van der Waals surface area contributed by atoms with Gasteiger partial charge in [0.25, 0.3) is 0 Å². The summed E-state index contributed by atoms with van der Waals surface area (Å²) in [6.07, 6.45) is 5.27. The highest BCUT2D eigenvalue weighted by atomic mass is 14.8. The highest BCUT2D eigenvalue weighted by Gasteiger charge is 2.02. The molecule has 0 fully saturated rings. The summed E-state index contributed by atoms with van der Waals surface area (Å²) in [4.78, 5) is 11.5. The molecule has 2 aromatic heterocycles. The molecule has 0 aliphatic rings. The number of aryl methyl sites for hydroxylation is 1. The Morgan fingerprint density at radius 2 is 2.08 bits per heavy atom. The van der Waals surface area contributed by atoms with Crippen LogP contribution in [0.3, 0.4) is 0 Å². The van der Waals surface area contributed by atoms with E-state index in [0.717, 1.165) is 17.1 Å². The van der Waals surface area contributed by atoms with E-state index in [0.29, 0.717) is 0 Å².